The molecule has 0 spiro atoms. The van der Waals surface area contributed by atoms with Crippen LogP contribution in [0.1, 0.15) is 53.6 Å². The Morgan fingerprint density at radius 1 is 0.434 bits per heavy atom. The Bertz CT molecular complexity index is 2100. The quantitative estimate of drug-likeness (QED) is 0.0809. The van der Waals surface area contributed by atoms with Gasteiger partial charge in [-0.2, -0.15) is 5.10 Å². The molecule has 0 fully saturated rings. The molecule has 7 rings (SSSR count). The van der Waals surface area contributed by atoms with E-state index in [1.807, 2.05) is 47.6 Å². The molecule has 0 heterocycles. The third kappa shape index (κ3) is 9.66. The van der Waals surface area contributed by atoms with Crippen LogP contribution in [-0.2, 0) is 0 Å². The Labute approximate surface area is 315 Å². The van der Waals surface area contributed by atoms with Crippen molar-refractivity contribution < 1.29 is 0 Å². The van der Waals surface area contributed by atoms with Crippen LogP contribution in [0.5, 0.6) is 0 Å². The summed E-state index contributed by atoms with van der Waals surface area (Å²) in [5.41, 5.74) is 13.5. The average Bonchev–Trinajstić information content (AvgIpc) is 3.21. The summed E-state index contributed by atoms with van der Waals surface area (Å²) >= 11 is 0. The minimum absolute atomic E-state index is 1.00. The predicted octanol–water partition coefficient (Wildman–Crippen LogP) is 14.0. The first-order valence-corrected chi connectivity index (χ1v) is 18.4. The van der Waals surface area contributed by atoms with Gasteiger partial charge in [0.2, 0.25) is 0 Å². The number of hydrogen-bond donors (Lipinski definition) is 0. The number of benzene rings is 7. The molecule has 0 N–H and O–H groups in total. The maximum Gasteiger partial charge on any atom is 0.0652 e. The molecule has 0 aliphatic rings. The fourth-order valence-corrected chi connectivity index (χ4v) is 5.96. The zero-order valence-electron chi connectivity index (χ0n) is 31.1. The summed E-state index contributed by atoms with van der Waals surface area (Å²) in [5.74, 6) is 0. The van der Waals surface area contributed by atoms with E-state index < -0.39 is 0 Å². The third-order valence-corrected chi connectivity index (χ3v) is 8.68. The number of anilines is 5. The molecule has 3 heteroatoms. The lowest BCUT2D eigenvalue weighted by Crippen LogP contribution is -2.10. The predicted molar refractivity (Wildman–Crippen MR) is 229 cm³/mol. The first-order valence-electron chi connectivity index (χ1n) is 18.4. The van der Waals surface area contributed by atoms with Gasteiger partial charge in [-0.05, 0) is 108 Å². The van der Waals surface area contributed by atoms with Gasteiger partial charge in [0.25, 0.3) is 0 Å². The third-order valence-electron chi connectivity index (χ3n) is 8.68. The van der Waals surface area contributed by atoms with Crippen molar-refractivity contribution in [1.82, 2.24) is 0 Å². The molecular weight excluding hydrogens is 643 g/mol. The van der Waals surface area contributed by atoms with E-state index in [0.29, 0.717) is 0 Å². The van der Waals surface area contributed by atoms with E-state index in [1.165, 1.54) is 34.2 Å². The molecule has 0 aromatic heterocycles. The molecule has 7 aromatic rings. The van der Waals surface area contributed by atoms with Crippen molar-refractivity contribution in [3.8, 4) is 0 Å². The molecule has 0 amide bonds. The first kappa shape index (κ1) is 36.3. The summed E-state index contributed by atoms with van der Waals surface area (Å²) in [7, 11) is 0. The van der Waals surface area contributed by atoms with Crippen molar-refractivity contribution in [2.75, 3.05) is 9.91 Å². The summed E-state index contributed by atoms with van der Waals surface area (Å²) < 4.78 is 0. The largest absolute Gasteiger partial charge is 0.311 e. The van der Waals surface area contributed by atoms with Crippen molar-refractivity contribution in [3.63, 3.8) is 0 Å². The minimum Gasteiger partial charge on any atom is -0.311 e. The van der Waals surface area contributed by atoms with E-state index in [2.05, 4.69) is 190 Å². The van der Waals surface area contributed by atoms with Crippen LogP contribution in [0, 0.1) is 13.8 Å². The van der Waals surface area contributed by atoms with Gasteiger partial charge < -0.3 is 4.90 Å². The summed E-state index contributed by atoms with van der Waals surface area (Å²) in [6.07, 6.45) is 5.45. The van der Waals surface area contributed by atoms with Crippen LogP contribution < -0.4 is 9.91 Å². The molecule has 0 bridgehead atoms. The monoisotopic (exact) mass is 689 g/mol. The van der Waals surface area contributed by atoms with Gasteiger partial charge in [-0.25, -0.2) is 5.01 Å². The molecule has 53 heavy (non-hydrogen) atoms. The van der Waals surface area contributed by atoms with Crippen LogP contribution in [0.4, 0.5) is 28.4 Å². The van der Waals surface area contributed by atoms with Gasteiger partial charge in [0.05, 0.1) is 17.6 Å². The van der Waals surface area contributed by atoms with E-state index in [0.717, 1.165) is 39.6 Å². The molecule has 0 atom stereocenters. The fraction of sp³-hybridized carbons (Fsp3) is 0.100. The highest BCUT2D eigenvalue weighted by Gasteiger charge is 2.13. The molecule has 7 aromatic carbocycles. The van der Waals surface area contributed by atoms with Crippen molar-refractivity contribution in [1.29, 1.82) is 0 Å². The van der Waals surface area contributed by atoms with E-state index in [1.54, 1.807) is 0 Å². The Kier molecular flexibility index (Phi) is 12.5. The summed E-state index contributed by atoms with van der Waals surface area (Å²) in [4.78, 5) is 2.29. The Morgan fingerprint density at radius 3 is 1.21 bits per heavy atom. The molecule has 0 aliphatic heterocycles. The molecule has 0 radical (unpaired) electrons. The number of aryl methyl sites for hydroxylation is 2. The molecule has 0 aliphatic carbocycles. The number of hydrazone groups is 1. The lowest BCUT2D eigenvalue weighted by Gasteiger charge is -2.25. The van der Waals surface area contributed by atoms with E-state index in [4.69, 9.17) is 5.10 Å². The van der Waals surface area contributed by atoms with Gasteiger partial charge in [0.15, 0.2) is 0 Å². The molecule has 0 saturated heterocycles. The highest BCUT2D eigenvalue weighted by atomic mass is 15.5. The second kappa shape index (κ2) is 18.2. The first-order chi connectivity index (χ1) is 26.0. The normalized spacial score (nSPS) is 10.6. The van der Waals surface area contributed by atoms with Crippen LogP contribution in [0.3, 0.4) is 0 Å². The maximum atomic E-state index is 4.90. The van der Waals surface area contributed by atoms with Gasteiger partial charge in [-0.3, -0.25) is 0 Å². The summed E-state index contributed by atoms with van der Waals surface area (Å²) in [6, 6.07) is 65.9. The Hall–Kier alpha value is -6.45. The smallest absolute Gasteiger partial charge is 0.0652 e. The van der Waals surface area contributed by atoms with E-state index >= 15 is 0 Å². The van der Waals surface area contributed by atoms with Crippen molar-refractivity contribution in [2.45, 2.75) is 34.1 Å². The number of nitrogens with zero attached hydrogens (tertiary/aromatic N) is 3. The zero-order valence-corrected chi connectivity index (χ0v) is 31.1. The molecule has 3 nitrogen and oxygen atoms in total. The molecular formula is C50H47N3. The van der Waals surface area contributed by atoms with Crippen molar-refractivity contribution in [2.24, 2.45) is 5.10 Å². The van der Waals surface area contributed by atoms with E-state index in [9.17, 15) is 0 Å². The van der Waals surface area contributed by atoms with Gasteiger partial charge in [0, 0.05) is 17.1 Å². The lowest BCUT2D eigenvalue weighted by molar-refractivity contribution is 1.09. The number of hydrogen-bond acceptors (Lipinski definition) is 3. The van der Waals surface area contributed by atoms with Gasteiger partial charge in [0.1, 0.15) is 0 Å². The summed E-state index contributed by atoms with van der Waals surface area (Å²) in [5, 5.41) is 6.86. The van der Waals surface area contributed by atoms with Crippen molar-refractivity contribution >= 4 is 46.3 Å². The summed E-state index contributed by atoms with van der Waals surface area (Å²) in [6.45, 7) is 8.51. The number of rotatable bonds is 10. The fourth-order valence-electron chi connectivity index (χ4n) is 5.96. The van der Waals surface area contributed by atoms with Crippen LogP contribution in [0.15, 0.2) is 193 Å². The molecule has 0 unspecified atom stereocenters. The standard InChI is InChI=1S/C47H39N3.C3H8/c1-36-18-26-40(27-19-36)47(41-28-20-37(2)21-29-41)34-38-22-30-43(31-23-38)49(42-12-6-3-7-13-42)44-32-24-39(25-33-44)35-48-50(45-14-8-4-9-15-45)46-16-10-5-11-17-46;1-3-2/h3-35H,1-2H3;3H2,1-2H3. The van der Waals surface area contributed by atoms with Crippen molar-refractivity contribution in [3.05, 3.63) is 221 Å². The highest BCUT2D eigenvalue weighted by Crippen LogP contribution is 2.35. The van der Waals surface area contributed by atoms with Crippen LogP contribution in [0.2, 0.25) is 0 Å². The highest BCUT2D eigenvalue weighted by molar-refractivity contribution is 5.92. The van der Waals surface area contributed by atoms with Crippen LogP contribution in [-0.4, -0.2) is 6.21 Å². The second-order valence-corrected chi connectivity index (χ2v) is 13.1. The molecule has 262 valence electrons. The van der Waals surface area contributed by atoms with Gasteiger partial charge in [-0.15, -0.1) is 0 Å². The SMILES string of the molecule is CCC.Cc1ccc(C(=Cc2ccc(N(c3ccccc3)c3ccc(C=NN(c4ccccc4)c4ccccc4)cc3)cc2)c2ccc(C)cc2)cc1. The second-order valence-electron chi connectivity index (χ2n) is 13.1. The van der Waals surface area contributed by atoms with Gasteiger partial charge >= 0.3 is 0 Å². The average molecular weight is 690 g/mol. The minimum atomic E-state index is 1.00. The lowest BCUT2D eigenvalue weighted by atomic mass is 9.94. The van der Waals surface area contributed by atoms with Crippen LogP contribution >= 0.6 is 0 Å². The maximum absolute atomic E-state index is 4.90. The Balaban J connectivity index is 0.00000155. The number of para-hydroxylation sites is 3. The Morgan fingerprint density at radius 2 is 0.792 bits per heavy atom. The zero-order chi connectivity index (χ0) is 36.8. The topological polar surface area (TPSA) is 18.8 Å². The van der Waals surface area contributed by atoms with Gasteiger partial charge in [-0.1, -0.05) is 159 Å². The van der Waals surface area contributed by atoms with Crippen LogP contribution in [0.25, 0.3) is 11.6 Å². The van der Waals surface area contributed by atoms with E-state index in [-0.39, 0.29) is 0 Å². The molecule has 0 saturated carbocycles.